The van der Waals surface area contributed by atoms with Crippen LogP contribution in [0.5, 0.6) is 5.75 Å². The van der Waals surface area contributed by atoms with Crippen molar-refractivity contribution in [3.8, 4) is 5.75 Å². The van der Waals surface area contributed by atoms with Crippen LogP contribution in [0.2, 0.25) is 5.04 Å². The van der Waals surface area contributed by atoms with E-state index in [-0.39, 0.29) is 23.1 Å². The van der Waals surface area contributed by atoms with Gasteiger partial charge in [-0.05, 0) is 72.3 Å². The average Bonchev–Trinajstić information content (AvgIpc) is 3.65. The summed E-state index contributed by atoms with van der Waals surface area (Å²) >= 11 is 1.66. The number of benzene rings is 4. The molecule has 4 aromatic carbocycles. The van der Waals surface area contributed by atoms with Crippen LogP contribution in [0.15, 0.2) is 127 Å². The molecule has 0 bridgehead atoms. The molecule has 0 saturated heterocycles. The molecule has 3 atom stereocenters. The van der Waals surface area contributed by atoms with Gasteiger partial charge in [-0.2, -0.15) is 0 Å². The molecule has 5 aromatic rings. The second-order valence-corrected chi connectivity index (χ2v) is 21.9. The Morgan fingerprint density at radius 1 is 0.842 bits per heavy atom. The van der Waals surface area contributed by atoms with Crippen LogP contribution in [0.3, 0.4) is 0 Å². The standard InChI is InChI=1S/C48H60N2O5SSi/c1-36(31-39(49-46(51)54-47(2,3)4)22-18-21-37-19-12-9-13-20-37)44-35-56-45(50-44)32-41(34-53-33-38-27-29-40(52-8)30-28-38)55-57(48(5,6)7,42-23-14-10-15-24-42)43-25-16-11-17-26-43/h9-21,23-30,35-36,39,41H,22,31-34H2,1-8H3,(H,49,51)/b21-18+/t36-,39-,41-/m0/s1. The van der Waals surface area contributed by atoms with E-state index in [1.807, 2.05) is 63.2 Å². The highest BCUT2D eigenvalue weighted by molar-refractivity contribution is 7.09. The fourth-order valence-corrected chi connectivity index (χ4v) is 12.8. The molecule has 5 rings (SSSR count). The molecule has 0 spiro atoms. The first-order chi connectivity index (χ1) is 27.3. The Morgan fingerprint density at radius 3 is 2.00 bits per heavy atom. The Morgan fingerprint density at radius 2 is 1.44 bits per heavy atom. The third kappa shape index (κ3) is 12.7. The topological polar surface area (TPSA) is 78.9 Å². The van der Waals surface area contributed by atoms with Gasteiger partial charge < -0.3 is 24.0 Å². The van der Waals surface area contributed by atoms with Gasteiger partial charge in [0.05, 0.1) is 37.1 Å². The third-order valence-electron chi connectivity index (χ3n) is 9.86. The van der Waals surface area contributed by atoms with Crippen LogP contribution in [0.4, 0.5) is 4.79 Å². The predicted octanol–water partition coefficient (Wildman–Crippen LogP) is 10.3. The van der Waals surface area contributed by atoms with Gasteiger partial charge in [-0.25, -0.2) is 9.78 Å². The zero-order chi connectivity index (χ0) is 40.9. The van der Waals surface area contributed by atoms with Crippen LogP contribution in [0, 0.1) is 0 Å². The molecule has 1 heterocycles. The van der Waals surface area contributed by atoms with E-state index in [9.17, 15) is 4.79 Å². The summed E-state index contributed by atoms with van der Waals surface area (Å²) in [5.41, 5.74) is 2.60. The smallest absolute Gasteiger partial charge is 0.407 e. The molecule has 0 aliphatic heterocycles. The number of methoxy groups -OCH3 is 1. The molecule has 0 fully saturated rings. The Bertz CT molecular complexity index is 1930. The van der Waals surface area contributed by atoms with Gasteiger partial charge in [0.1, 0.15) is 11.4 Å². The number of nitrogens with zero attached hydrogens (tertiary/aromatic N) is 1. The zero-order valence-corrected chi connectivity index (χ0v) is 36.7. The van der Waals surface area contributed by atoms with Crippen LogP contribution >= 0.6 is 11.3 Å². The zero-order valence-electron chi connectivity index (χ0n) is 34.9. The lowest BCUT2D eigenvalue weighted by Gasteiger charge is -2.45. The molecule has 0 saturated carbocycles. The molecular formula is C48H60N2O5SSi. The highest BCUT2D eigenvalue weighted by atomic mass is 32.1. The summed E-state index contributed by atoms with van der Waals surface area (Å²) in [5, 5.41) is 8.54. The van der Waals surface area contributed by atoms with E-state index in [0.29, 0.717) is 32.5 Å². The van der Waals surface area contributed by atoms with Crippen LogP contribution in [-0.2, 0) is 26.9 Å². The Kier molecular flexibility index (Phi) is 15.5. The van der Waals surface area contributed by atoms with E-state index < -0.39 is 20.0 Å². The lowest BCUT2D eigenvalue weighted by atomic mass is 9.97. The van der Waals surface area contributed by atoms with Crippen molar-refractivity contribution in [2.24, 2.45) is 0 Å². The minimum Gasteiger partial charge on any atom is -0.497 e. The van der Waals surface area contributed by atoms with Crippen molar-refractivity contribution in [2.45, 2.75) is 103 Å². The highest BCUT2D eigenvalue weighted by Gasteiger charge is 2.51. The first kappa shape index (κ1) is 43.6. The molecular weight excluding hydrogens is 745 g/mol. The molecule has 0 aliphatic rings. The largest absolute Gasteiger partial charge is 0.497 e. The summed E-state index contributed by atoms with van der Waals surface area (Å²) in [6.07, 6.45) is 5.50. The lowest BCUT2D eigenvalue weighted by Crippen LogP contribution is -2.68. The molecule has 1 amide bonds. The van der Waals surface area contributed by atoms with Crippen molar-refractivity contribution < 1.29 is 23.4 Å². The summed E-state index contributed by atoms with van der Waals surface area (Å²) < 4.78 is 25.1. The summed E-state index contributed by atoms with van der Waals surface area (Å²) in [5.74, 6) is 0.901. The monoisotopic (exact) mass is 804 g/mol. The number of alkyl carbamates (subject to hydrolysis) is 1. The van der Waals surface area contributed by atoms with Gasteiger partial charge in [0.2, 0.25) is 0 Å². The fraction of sp³-hybridized carbons (Fsp3) is 0.375. The number of carbonyl (C=O) groups is 1. The van der Waals surface area contributed by atoms with Gasteiger partial charge in [0.15, 0.2) is 0 Å². The van der Waals surface area contributed by atoms with Crippen molar-refractivity contribution in [3.63, 3.8) is 0 Å². The van der Waals surface area contributed by atoms with Crippen molar-refractivity contribution in [2.75, 3.05) is 13.7 Å². The van der Waals surface area contributed by atoms with Crippen LogP contribution in [0.25, 0.3) is 6.08 Å². The van der Waals surface area contributed by atoms with Gasteiger partial charge in [0.25, 0.3) is 8.32 Å². The lowest BCUT2D eigenvalue weighted by molar-refractivity contribution is 0.0365. The fourth-order valence-electron chi connectivity index (χ4n) is 7.11. The van der Waals surface area contributed by atoms with Crippen molar-refractivity contribution in [1.29, 1.82) is 0 Å². The van der Waals surface area contributed by atoms with E-state index in [0.717, 1.165) is 27.6 Å². The molecule has 0 radical (unpaired) electrons. The number of hydrogen-bond acceptors (Lipinski definition) is 7. The van der Waals surface area contributed by atoms with E-state index in [2.05, 4.69) is 123 Å². The number of nitrogens with one attached hydrogen (secondary N) is 1. The van der Waals surface area contributed by atoms with Gasteiger partial charge >= 0.3 is 6.09 Å². The molecule has 0 unspecified atom stereocenters. The predicted molar refractivity (Wildman–Crippen MR) is 237 cm³/mol. The van der Waals surface area contributed by atoms with Crippen LogP contribution in [0.1, 0.15) is 89.1 Å². The molecule has 57 heavy (non-hydrogen) atoms. The first-order valence-electron chi connectivity index (χ1n) is 19.9. The van der Waals surface area contributed by atoms with Gasteiger partial charge in [-0.3, -0.25) is 0 Å². The highest BCUT2D eigenvalue weighted by Crippen LogP contribution is 2.38. The molecule has 1 N–H and O–H groups in total. The van der Waals surface area contributed by atoms with Gasteiger partial charge in [0, 0.05) is 23.8 Å². The van der Waals surface area contributed by atoms with E-state index in [4.69, 9.17) is 23.6 Å². The first-order valence-corrected chi connectivity index (χ1v) is 22.7. The van der Waals surface area contributed by atoms with E-state index in [1.54, 1.807) is 18.4 Å². The van der Waals surface area contributed by atoms with E-state index in [1.165, 1.54) is 10.4 Å². The maximum absolute atomic E-state index is 12.9. The molecule has 0 aliphatic carbocycles. The minimum absolute atomic E-state index is 0.0856. The second-order valence-electron chi connectivity index (χ2n) is 16.7. The van der Waals surface area contributed by atoms with Gasteiger partial charge in [-0.1, -0.05) is 143 Å². The summed E-state index contributed by atoms with van der Waals surface area (Å²) in [6, 6.07) is 39.5. The van der Waals surface area contributed by atoms with Gasteiger partial charge in [-0.15, -0.1) is 11.3 Å². The van der Waals surface area contributed by atoms with Crippen molar-refractivity contribution in [3.05, 3.63) is 149 Å². The quantitative estimate of drug-likeness (QED) is 0.0889. The summed E-state index contributed by atoms with van der Waals surface area (Å²) in [4.78, 5) is 18.2. The molecule has 302 valence electrons. The Balaban J connectivity index is 1.39. The average molecular weight is 805 g/mol. The number of rotatable bonds is 18. The number of amides is 1. The number of carbonyl (C=O) groups excluding carboxylic acids is 1. The number of thiazole rings is 1. The summed E-state index contributed by atoms with van der Waals surface area (Å²) in [7, 11) is -1.22. The molecule has 1 aromatic heterocycles. The SMILES string of the molecule is COc1ccc(COC[C@H](Cc2nc([C@@H](C)C[C@H](C/C=C/c3ccccc3)NC(=O)OC(C)(C)C)cs2)O[Si](c2ccccc2)(c2ccccc2)C(C)(C)C)cc1. The Hall–Kier alpha value is -4.54. The third-order valence-corrected chi connectivity index (χ3v) is 15.8. The summed E-state index contributed by atoms with van der Waals surface area (Å²) in [6.45, 7) is 15.6. The Labute approximate surface area is 345 Å². The van der Waals surface area contributed by atoms with Crippen molar-refractivity contribution in [1.82, 2.24) is 10.3 Å². The van der Waals surface area contributed by atoms with Crippen molar-refractivity contribution >= 4 is 42.2 Å². The molecule has 9 heteroatoms. The minimum atomic E-state index is -2.89. The van der Waals surface area contributed by atoms with Crippen LogP contribution < -0.4 is 20.4 Å². The maximum Gasteiger partial charge on any atom is 0.407 e. The number of aromatic nitrogens is 1. The van der Waals surface area contributed by atoms with Crippen LogP contribution in [-0.4, -0.2) is 50.9 Å². The number of ether oxygens (including phenoxy) is 3. The number of hydrogen-bond donors (Lipinski definition) is 1. The van der Waals surface area contributed by atoms with E-state index >= 15 is 0 Å². The second kappa shape index (κ2) is 20.2. The normalized spacial score (nSPS) is 13.9. The molecule has 7 nitrogen and oxygen atoms in total. The maximum atomic E-state index is 12.9.